The van der Waals surface area contributed by atoms with E-state index >= 15 is 0 Å². The van der Waals surface area contributed by atoms with E-state index in [0.29, 0.717) is 11.3 Å². The van der Waals surface area contributed by atoms with E-state index in [4.69, 9.17) is 5.73 Å². The van der Waals surface area contributed by atoms with Crippen LogP contribution in [0.5, 0.6) is 0 Å². The maximum atomic E-state index is 11.5. The van der Waals surface area contributed by atoms with E-state index in [1.54, 1.807) is 13.1 Å². The zero-order valence-corrected chi connectivity index (χ0v) is 9.72. The summed E-state index contributed by atoms with van der Waals surface area (Å²) in [4.78, 5) is 11.5. The predicted molar refractivity (Wildman–Crippen MR) is 62.9 cm³/mol. The Balaban J connectivity index is 3.23. The number of carbonyl (C=O) groups excluding carboxylic acids is 1. The van der Waals surface area contributed by atoms with E-state index in [9.17, 15) is 4.79 Å². The van der Waals surface area contributed by atoms with Gasteiger partial charge < -0.3 is 11.1 Å². The summed E-state index contributed by atoms with van der Waals surface area (Å²) in [7, 11) is 1.60. The van der Waals surface area contributed by atoms with Crippen LogP contribution in [0.15, 0.2) is 18.2 Å². The van der Waals surface area contributed by atoms with Crippen molar-refractivity contribution in [1.82, 2.24) is 5.32 Å². The third-order valence-corrected chi connectivity index (χ3v) is 2.39. The average molecular weight is 206 g/mol. The molecule has 0 aromatic heterocycles. The molecule has 3 nitrogen and oxygen atoms in total. The second-order valence-electron chi connectivity index (χ2n) is 4.63. The van der Waals surface area contributed by atoms with Crippen molar-refractivity contribution in [3.8, 4) is 0 Å². The molecule has 0 saturated heterocycles. The summed E-state index contributed by atoms with van der Waals surface area (Å²) in [6, 6.07) is 5.60. The van der Waals surface area contributed by atoms with Gasteiger partial charge in [0.15, 0.2) is 0 Å². The molecule has 1 rings (SSSR count). The Labute approximate surface area is 90.7 Å². The molecule has 0 aliphatic heterocycles. The number of nitrogens with two attached hydrogens (primary N) is 1. The molecule has 0 heterocycles. The third-order valence-electron chi connectivity index (χ3n) is 2.39. The van der Waals surface area contributed by atoms with Gasteiger partial charge in [0, 0.05) is 12.7 Å². The second-order valence-corrected chi connectivity index (χ2v) is 4.63. The van der Waals surface area contributed by atoms with Crippen LogP contribution >= 0.6 is 0 Å². The fourth-order valence-corrected chi connectivity index (χ4v) is 1.35. The Morgan fingerprint density at radius 2 is 1.93 bits per heavy atom. The van der Waals surface area contributed by atoms with Crippen molar-refractivity contribution in [3.05, 3.63) is 29.3 Å². The topological polar surface area (TPSA) is 55.1 Å². The van der Waals surface area contributed by atoms with Crippen molar-refractivity contribution in [3.63, 3.8) is 0 Å². The minimum Gasteiger partial charge on any atom is -0.398 e. The van der Waals surface area contributed by atoms with Crippen LogP contribution in [-0.4, -0.2) is 13.0 Å². The third kappa shape index (κ3) is 2.49. The van der Waals surface area contributed by atoms with Gasteiger partial charge in [0.25, 0.3) is 5.91 Å². The highest BCUT2D eigenvalue weighted by Gasteiger charge is 2.16. The van der Waals surface area contributed by atoms with Gasteiger partial charge in [-0.25, -0.2) is 0 Å². The number of carbonyl (C=O) groups is 1. The van der Waals surface area contributed by atoms with Crippen molar-refractivity contribution < 1.29 is 4.79 Å². The molecule has 82 valence electrons. The van der Waals surface area contributed by atoms with E-state index in [0.717, 1.165) is 5.56 Å². The molecule has 0 radical (unpaired) electrons. The maximum Gasteiger partial charge on any atom is 0.253 e. The van der Waals surface area contributed by atoms with Gasteiger partial charge in [-0.15, -0.1) is 0 Å². The van der Waals surface area contributed by atoms with Crippen LogP contribution in [0.1, 0.15) is 36.7 Å². The monoisotopic (exact) mass is 206 g/mol. The van der Waals surface area contributed by atoms with Crippen molar-refractivity contribution in [1.29, 1.82) is 0 Å². The van der Waals surface area contributed by atoms with Crippen LogP contribution in [0, 0.1) is 0 Å². The lowest BCUT2D eigenvalue weighted by molar-refractivity contribution is 0.0964. The summed E-state index contributed by atoms with van der Waals surface area (Å²) in [5.41, 5.74) is 7.94. The molecule has 0 fully saturated rings. The van der Waals surface area contributed by atoms with Crippen molar-refractivity contribution in [2.45, 2.75) is 26.2 Å². The van der Waals surface area contributed by atoms with Crippen LogP contribution < -0.4 is 11.1 Å². The van der Waals surface area contributed by atoms with Gasteiger partial charge in [-0.1, -0.05) is 26.8 Å². The quantitative estimate of drug-likeness (QED) is 0.690. The van der Waals surface area contributed by atoms with Crippen LogP contribution in [0.25, 0.3) is 0 Å². The Kier molecular flexibility index (Phi) is 3.03. The van der Waals surface area contributed by atoms with Gasteiger partial charge >= 0.3 is 0 Å². The van der Waals surface area contributed by atoms with Crippen LogP contribution in [0.3, 0.4) is 0 Å². The second kappa shape index (κ2) is 3.93. The summed E-state index contributed by atoms with van der Waals surface area (Å²) < 4.78 is 0. The molecule has 0 aliphatic carbocycles. The average Bonchev–Trinajstić information content (AvgIpc) is 2.15. The van der Waals surface area contributed by atoms with Crippen molar-refractivity contribution in [2.75, 3.05) is 12.8 Å². The van der Waals surface area contributed by atoms with Crippen molar-refractivity contribution in [2.24, 2.45) is 0 Å². The molecule has 3 heteroatoms. The lowest BCUT2D eigenvalue weighted by Gasteiger charge is -2.20. The molecule has 0 saturated carbocycles. The number of hydrogen-bond acceptors (Lipinski definition) is 2. The maximum absolute atomic E-state index is 11.5. The highest BCUT2D eigenvalue weighted by Crippen LogP contribution is 2.25. The lowest BCUT2D eigenvalue weighted by atomic mass is 9.86. The number of benzene rings is 1. The Morgan fingerprint density at radius 3 is 2.40 bits per heavy atom. The number of nitrogen functional groups attached to an aromatic ring is 1. The first-order valence-corrected chi connectivity index (χ1v) is 4.98. The zero-order chi connectivity index (χ0) is 11.6. The summed E-state index contributed by atoms with van der Waals surface area (Å²) in [6.45, 7) is 6.31. The normalized spacial score (nSPS) is 11.2. The molecule has 1 aromatic rings. The summed E-state index contributed by atoms with van der Waals surface area (Å²) in [5, 5.41) is 2.58. The fourth-order valence-electron chi connectivity index (χ4n) is 1.35. The van der Waals surface area contributed by atoms with Gasteiger partial charge in [-0.2, -0.15) is 0 Å². The highest BCUT2D eigenvalue weighted by atomic mass is 16.1. The first-order valence-electron chi connectivity index (χ1n) is 4.98. The van der Waals surface area contributed by atoms with Crippen molar-refractivity contribution >= 4 is 11.6 Å². The predicted octanol–water partition coefficient (Wildman–Crippen LogP) is 1.93. The van der Waals surface area contributed by atoms with Gasteiger partial charge in [-0.3, -0.25) is 4.79 Å². The minimum absolute atomic E-state index is 0.0243. The van der Waals surface area contributed by atoms with E-state index in [1.807, 2.05) is 12.1 Å². The molecule has 1 amide bonds. The number of rotatable bonds is 1. The van der Waals surface area contributed by atoms with Gasteiger partial charge in [0.1, 0.15) is 0 Å². The molecule has 3 N–H and O–H groups in total. The number of amides is 1. The molecule has 0 bridgehead atoms. The van der Waals surface area contributed by atoms with Crippen LogP contribution in [-0.2, 0) is 5.41 Å². The van der Waals surface area contributed by atoms with Gasteiger partial charge in [0.05, 0.1) is 5.56 Å². The first kappa shape index (κ1) is 11.6. The summed E-state index contributed by atoms with van der Waals surface area (Å²) in [6.07, 6.45) is 0. The molecule has 0 atom stereocenters. The SMILES string of the molecule is CNC(=O)c1cc(C(C)(C)C)ccc1N. The minimum atomic E-state index is -0.140. The Morgan fingerprint density at radius 1 is 1.33 bits per heavy atom. The Bertz CT molecular complexity index is 378. The number of hydrogen-bond donors (Lipinski definition) is 2. The highest BCUT2D eigenvalue weighted by molar-refractivity contribution is 5.99. The molecular weight excluding hydrogens is 188 g/mol. The smallest absolute Gasteiger partial charge is 0.253 e. The van der Waals surface area contributed by atoms with E-state index < -0.39 is 0 Å². The number of anilines is 1. The largest absolute Gasteiger partial charge is 0.398 e. The zero-order valence-electron chi connectivity index (χ0n) is 9.72. The van der Waals surface area contributed by atoms with E-state index in [2.05, 4.69) is 26.1 Å². The summed E-state index contributed by atoms with van der Waals surface area (Å²) in [5.74, 6) is -0.140. The fraction of sp³-hybridized carbons (Fsp3) is 0.417. The molecule has 1 aromatic carbocycles. The molecule has 15 heavy (non-hydrogen) atoms. The van der Waals surface area contributed by atoms with E-state index in [-0.39, 0.29) is 11.3 Å². The molecule has 0 aliphatic rings. The van der Waals surface area contributed by atoms with Crippen LogP contribution in [0.4, 0.5) is 5.69 Å². The molecule has 0 unspecified atom stereocenters. The van der Waals surface area contributed by atoms with Crippen LogP contribution in [0.2, 0.25) is 0 Å². The number of nitrogens with one attached hydrogen (secondary N) is 1. The molecule has 0 spiro atoms. The van der Waals surface area contributed by atoms with Gasteiger partial charge in [0.2, 0.25) is 0 Å². The Hall–Kier alpha value is -1.51. The first-order chi connectivity index (χ1) is 6.86. The standard InChI is InChI=1S/C12H18N2O/c1-12(2,3)8-5-6-10(13)9(7-8)11(15)14-4/h5-7H,13H2,1-4H3,(H,14,15). The van der Waals surface area contributed by atoms with E-state index in [1.165, 1.54) is 0 Å². The lowest BCUT2D eigenvalue weighted by Crippen LogP contribution is -2.21. The summed E-state index contributed by atoms with van der Waals surface area (Å²) >= 11 is 0. The molecular formula is C12H18N2O. The van der Waals surface area contributed by atoms with Gasteiger partial charge in [-0.05, 0) is 23.1 Å².